The van der Waals surface area contributed by atoms with Gasteiger partial charge in [-0.1, -0.05) is 24.8 Å². The Balaban J connectivity index is 1.59. The summed E-state index contributed by atoms with van der Waals surface area (Å²) in [6, 6.07) is 19.1. The van der Waals surface area contributed by atoms with E-state index in [0.717, 1.165) is 43.1 Å². The Morgan fingerprint density at radius 2 is 1.82 bits per heavy atom. The Morgan fingerprint density at radius 1 is 1.06 bits per heavy atom. The first-order valence-corrected chi connectivity index (χ1v) is 10.7. The first-order chi connectivity index (χ1) is 16.0. The van der Waals surface area contributed by atoms with Crippen molar-refractivity contribution in [3.8, 4) is 17.3 Å². The maximum atomic E-state index is 11.6. The average Bonchev–Trinajstić information content (AvgIpc) is 2.84. The maximum Gasteiger partial charge on any atom is 0.247 e. The third kappa shape index (κ3) is 5.53. The molecule has 1 amide bonds. The van der Waals surface area contributed by atoms with E-state index in [1.165, 1.54) is 6.08 Å². The number of hydrogen-bond donors (Lipinski definition) is 2. The molecule has 0 unspecified atom stereocenters. The SMILES string of the molecule is C=CC(=O)Nc1cccc(-c2cc(C#N)nc(Nc3cccc(N4CCN(C)CC4)c3)n2)c1. The van der Waals surface area contributed by atoms with E-state index in [4.69, 9.17) is 0 Å². The van der Waals surface area contributed by atoms with Gasteiger partial charge in [0.1, 0.15) is 11.8 Å². The van der Waals surface area contributed by atoms with E-state index in [-0.39, 0.29) is 11.6 Å². The summed E-state index contributed by atoms with van der Waals surface area (Å²) in [5.41, 5.74) is 4.18. The van der Waals surface area contributed by atoms with Crippen molar-refractivity contribution in [1.29, 1.82) is 5.26 Å². The molecule has 33 heavy (non-hydrogen) atoms. The molecular formula is C25H25N7O. The highest BCUT2D eigenvalue weighted by Crippen LogP contribution is 2.26. The van der Waals surface area contributed by atoms with Crippen LogP contribution in [0.3, 0.4) is 0 Å². The van der Waals surface area contributed by atoms with Crippen molar-refractivity contribution in [2.24, 2.45) is 0 Å². The van der Waals surface area contributed by atoms with E-state index in [2.05, 4.69) is 62.2 Å². The van der Waals surface area contributed by atoms with E-state index < -0.39 is 0 Å². The van der Waals surface area contributed by atoms with Crippen LogP contribution in [0.5, 0.6) is 0 Å². The Morgan fingerprint density at radius 3 is 2.58 bits per heavy atom. The van der Waals surface area contributed by atoms with Gasteiger partial charge in [0, 0.05) is 54.9 Å². The van der Waals surface area contributed by atoms with E-state index in [9.17, 15) is 10.1 Å². The van der Waals surface area contributed by atoms with Gasteiger partial charge >= 0.3 is 0 Å². The molecule has 0 aliphatic carbocycles. The zero-order chi connectivity index (χ0) is 23.2. The molecule has 1 aliphatic rings. The number of benzene rings is 2. The van der Waals surface area contributed by atoms with Gasteiger partial charge in [0.05, 0.1) is 5.69 Å². The molecule has 0 bridgehead atoms. The van der Waals surface area contributed by atoms with Gasteiger partial charge in [-0.05, 0) is 43.5 Å². The first-order valence-electron chi connectivity index (χ1n) is 10.7. The molecule has 8 nitrogen and oxygen atoms in total. The van der Waals surface area contributed by atoms with Gasteiger partial charge in [-0.3, -0.25) is 4.79 Å². The van der Waals surface area contributed by atoms with Crippen molar-refractivity contribution in [1.82, 2.24) is 14.9 Å². The quantitative estimate of drug-likeness (QED) is 0.566. The molecule has 0 radical (unpaired) electrons. The third-order valence-corrected chi connectivity index (χ3v) is 5.42. The van der Waals surface area contributed by atoms with Crippen molar-refractivity contribution in [3.63, 3.8) is 0 Å². The minimum Gasteiger partial charge on any atom is -0.369 e. The number of aromatic nitrogens is 2. The predicted octanol–water partition coefficient (Wildman–Crippen LogP) is 3.64. The lowest BCUT2D eigenvalue weighted by Gasteiger charge is -2.34. The molecule has 4 rings (SSSR count). The van der Waals surface area contributed by atoms with E-state index >= 15 is 0 Å². The van der Waals surface area contributed by atoms with Gasteiger partial charge in [-0.2, -0.15) is 5.26 Å². The number of hydrogen-bond acceptors (Lipinski definition) is 7. The lowest BCUT2D eigenvalue weighted by Crippen LogP contribution is -2.44. The summed E-state index contributed by atoms with van der Waals surface area (Å²) in [5.74, 6) is 0.0373. The number of anilines is 4. The Hall–Kier alpha value is -4.22. The minimum atomic E-state index is -0.296. The summed E-state index contributed by atoms with van der Waals surface area (Å²) in [6.45, 7) is 7.48. The summed E-state index contributed by atoms with van der Waals surface area (Å²) in [4.78, 5) is 25.2. The van der Waals surface area contributed by atoms with Crippen molar-refractivity contribution >= 4 is 28.9 Å². The molecule has 8 heteroatoms. The fourth-order valence-electron chi connectivity index (χ4n) is 3.63. The zero-order valence-corrected chi connectivity index (χ0v) is 18.5. The molecule has 2 N–H and O–H groups in total. The molecule has 0 saturated carbocycles. The Kier molecular flexibility index (Phi) is 6.62. The fourth-order valence-corrected chi connectivity index (χ4v) is 3.63. The van der Waals surface area contributed by atoms with Crippen molar-refractivity contribution in [2.45, 2.75) is 0 Å². The average molecular weight is 440 g/mol. The van der Waals surface area contributed by atoms with Crippen LogP contribution < -0.4 is 15.5 Å². The number of carbonyl (C=O) groups is 1. The van der Waals surface area contributed by atoms with Crippen molar-refractivity contribution < 1.29 is 4.79 Å². The zero-order valence-electron chi connectivity index (χ0n) is 18.5. The van der Waals surface area contributed by atoms with Crippen molar-refractivity contribution in [2.75, 3.05) is 48.8 Å². The van der Waals surface area contributed by atoms with Crippen LogP contribution in [0.2, 0.25) is 0 Å². The summed E-state index contributed by atoms with van der Waals surface area (Å²) in [7, 11) is 2.13. The van der Waals surface area contributed by atoms with Crippen LogP contribution in [0.15, 0.2) is 67.3 Å². The molecule has 1 fully saturated rings. The van der Waals surface area contributed by atoms with Crippen LogP contribution in [-0.2, 0) is 4.79 Å². The van der Waals surface area contributed by atoms with E-state index in [0.29, 0.717) is 17.3 Å². The van der Waals surface area contributed by atoms with Gasteiger partial charge in [0.15, 0.2) is 0 Å². The standard InChI is InChI=1S/C25H25N7O/c1-3-24(33)27-19-7-4-6-18(14-19)23-16-21(17-26)29-25(30-23)28-20-8-5-9-22(15-20)32-12-10-31(2)11-13-32/h3-9,14-16H,1,10-13H2,2H3,(H,27,33)(H,28,29,30). The van der Waals surface area contributed by atoms with Gasteiger partial charge in [-0.25, -0.2) is 9.97 Å². The number of carbonyl (C=O) groups excluding carboxylic acids is 1. The minimum absolute atomic E-state index is 0.248. The number of nitrogens with one attached hydrogen (secondary N) is 2. The van der Waals surface area contributed by atoms with E-state index in [1.807, 2.05) is 24.3 Å². The highest BCUT2D eigenvalue weighted by atomic mass is 16.1. The Labute approximate surface area is 193 Å². The van der Waals surface area contributed by atoms with Crippen LogP contribution in [0.4, 0.5) is 23.0 Å². The number of likely N-dealkylation sites (N-methyl/N-ethyl adjacent to an activating group) is 1. The number of amides is 1. The summed E-state index contributed by atoms with van der Waals surface area (Å²) in [6.07, 6.45) is 1.21. The second-order valence-electron chi connectivity index (χ2n) is 7.81. The van der Waals surface area contributed by atoms with Crippen molar-refractivity contribution in [3.05, 3.63) is 72.9 Å². The van der Waals surface area contributed by atoms with Gasteiger partial charge in [-0.15, -0.1) is 0 Å². The summed E-state index contributed by atoms with van der Waals surface area (Å²) >= 11 is 0. The van der Waals surface area contributed by atoms with Gasteiger partial charge in [0.2, 0.25) is 11.9 Å². The second-order valence-corrected chi connectivity index (χ2v) is 7.81. The lowest BCUT2D eigenvalue weighted by atomic mass is 10.1. The number of nitrogens with zero attached hydrogens (tertiary/aromatic N) is 5. The third-order valence-electron chi connectivity index (χ3n) is 5.42. The number of rotatable bonds is 6. The van der Waals surface area contributed by atoms with Gasteiger partial charge < -0.3 is 20.4 Å². The monoisotopic (exact) mass is 439 g/mol. The van der Waals surface area contributed by atoms with Crippen LogP contribution in [-0.4, -0.2) is 54.0 Å². The number of nitriles is 1. The molecule has 1 aromatic heterocycles. The molecule has 2 heterocycles. The molecule has 0 atom stereocenters. The highest BCUT2D eigenvalue weighted by Gasteiger charge is 2.15. The summed E-state index contributed by atoms with van der Waals surface area (Å²) < 4.78 is 0. The molecule has 3 aromatic rings. The van der Waals surface area contributed by atoms with Gasteiger partial charge in [0.25, 0.3) is 0 Å². The first kappa shape index (κ1) is 22.0. The second kappa shape index (κ2) is 9.94. The normalized spacial score (nSPS) is 13.8. The van der Waals surface area contributed by atoms with E-state index in [1.54, 1.807) is 18.2 Å². The van der Waals surface area contributed by atoms with Crippen LogP contribution in [0, 0.1) is 11.3 Å². The number of piperazine rings is 1. The molecule has 2 aromatic carbocycles. The topological polar surface area (TPSA) is 97.2 Å². The highest BCUT2D eigenvalue weighted by molar-refractivity contribution is 5.99. The smallest absolute Gasteiger partial charge is 0.247 e. The molecular weight excluding hydrogens is 414 g/mol. The Bertz CT molecular complexity index is 1210. The summed E-state index contributed by atoms with van der Waals surface area (Å²) in [5, 5.41) is 15.5. The fraction of sp³-hybridized carbons (Fsp3) is 0.200. The molecule has 166 valence electrons. The van der Waals surface area contributed by atoms with Crippen LogP contribution in [0.25, 0.3) is 11.3 Å². The maximum absolute atomic E-state index is 11.6. The molecule has 0 spiro atoms. The molecule has 1 saturated heterocycles. The molecule has 1 aliphatic heterocycles. The predicted molar refractivity (Wildman–Crippen MR) is 130 cm³/mol. The largest absolute Gasteiger partial charge is 0.369 e. The lowest BCUT2D eigenvalue weighted by molar-refractivity contribution is -0.111. The van der Waals surface area contributed by atoms with Crippen LogP contribution >= 0.6 is 0 Å². The van der Waals surface area contributed by atoms with Crippen LogP contribution in [0.1, 0.15) is 5.69 Å².